The minimum atomic E-state index is -5.08. The first-order valence-electron chi connectivity index (χ1n) is 11.7. The van der Waals surface area contributed by atoms with Crippen molar-refractivity contribution in [2.24, 2.45) is 0 Å². The molecule has 0 saturated heterocycles. The zero-order valence-electron chi connectivity index (χ0n) is 20.7. The smallest absolute Gasteiger partial charge is 0.450 e. The number of alkyl halides is 3. The molecule has 0 aliphatic heterocycles. The van der Waals surface area contributed by atoms with E-state index in [1.165, 1.54) is 12.1 Å². The summed E-state index contributed by atoms with van der Waals surface area (Å²) in [5, 5.41) is 23.4. The van der Waals surface area contributed by atoms with Crippen LogP contribution in [-0.2, 0) is 6.18 Å². The fraction of sp³-hybridized carbons (Fsp3) is 0.0714. The molecule has 41 heavy (non-hydrogen) atoms. The maximum Gasteiger partial charge on any atom is 0.450 e. The molecule has 5 rings (SSSR count). The van der Waals surface area contributed by atoms with E-state index in [1.807, 2.05) is 0 Å². The van der Waals surface area contributed by atoms with E-state index in [-0.39, 0.29) is 22.3 Å². The summed E-state index contributed by atoms with van der Waals surface area (Å²) < 4.78 is 52.9. The summed E-state index contributed by atoms with van der Waals surface area (Å²) in [4.78, 5) is 47.0. The molecule has 13 heteroatoms. The number of nitro groups is 2. The van der Waals surface area contributed by atoms with Crippen molar-refractivity contribution < 1.29 is 37.0 Å². The largest absolute Gasteiger partial charge is 0.450 e. The van der Waals surface area contributed by atoms with E-state index in [0.717, 1.165) is 37.3 Å². The van der Waals surface area contributed by atoms with Gasteiger partial charge in [0.15, 0.2) is 0 Å². The SMILES string of the molecule is Cc1c([N+](=O)[O-])cc(C(=O)Oc2ccc3c(=O)c(-c4cccc5ccccc45)c(C(F)(F)F)oc3c2)cc1[N+](=O)[O-]. The van der Waals surface area contributed by atoms with Crippen LogP contribution in [0.5, 0.6) is 5.75 Å². The van der Waals surface area contributed by atoms with Crippen molar-refractivity contribution in [2.75, 3.05) is 0 Å². The van der Waals surface area contributed by atoms with Gasteiger partial charge in [0.1, 0.15) is 16.9 Å². The topological polar surface area (TPSA) is 143 Å². The van der Waals surface area contributed by atoms with Crippen molar-refractivity contribution in [2.45, 2.75) is 13.1 Å². The third kappa shape index (κ3) is 4.84. The second-order valence-electron chi connectivity index (χ2n) is 8.86. The molecule has 1 aromatic heterocycles. The van der Waals surface area contributed by atoms with E-state index in [9.17, 15) is 43.0 Å². The Morgan fingerprint density at radius 2 is 1.51 bits per heavy atom. The predicted molar refractivity (Wildman–Crippen MR) is 140 cm³/mol. The van der Waals surface area contributed by atoms with Crippen molar-refractivity contribution in [3.05, 3.63) is 120 Å². The molecule has 0 aliphatic carbocycles. The van der Waals surface area contributed by atoms with Crippen LogP contribution < -0.4 is 10.2 Å². The van der Waals surface area contributed by atoms with Gasteiger partial charge in [-0.1, -0.05) is 42.5 Å². The van der Waals surface area contributed by atoms with E-state index >= 15 is 0 Å². The summed E-state index contributed by atoms with van der Waals surface area (Å²) in [6.07, 6.45) is -5.08. The van der Waals surface area contributed by atoms with Crippen LogP contribution in [0, 0.1) is 27.2 Å². The highest BCUT2D eigenvalue weighted by molar-refractivity contribution is 5.99. The second-order valence-corrected chi connectivity index (χ2v) is 8.86. The summed E-state index contributed by atoms with van der Waals surface area (Å²) in [6.45, 7) is 1.14. The van der Waals surface area contributed by atoms with Crippen LogP contribution in [0.3, 0.4) is 0 Å². The zero-order valence-corrected chi connectivity index (χ0v) is 20.7. The van der Waals surface area contributed by atoms with Crippen LogP contribution in [0.4, 0.5) is 24.5 Å². The van der Waals surface area contributed by atoms with Gasteiger partial charge in [-0.05, 0) is 35.4 Å². The Labute approximate surface area is 226 Å². The first-order chi connectivity index (χ1) is 19.4. The van der Waals surface area contributed by atoms with E-state index in [1.54, 1.807) is 30.3 Å². The summed E-state index contributed by atoms with van der Waals surface area (Å²) >= 11 is 0. The van der Waals surface area contributed by atoms with E-state index in [2.05, 4.69) is 0 Å². The first-order valence-corrected chi connectivity index (χ1v) is 11.7. The molecule has 0 amide bonds. The van der Waals surface area contributed by atoms with Gasteiger partial charge in [-0.15, -0.1) is 0 Å². The van der Waals surface area contributed by atoms with Crippen LogP contribution in [-0.4, -0.2) is 15.8 Å². The van der Waals surface area contributed by atoms with Crippen LogP contribution in [0.1, 0.15) is 21.7 Å². The average molecular weight is 564 g/mol. The molecule has 0 N–H and O–H groups in total. The molecule has 0 saturated carbocycles. The Morgan fingerprint density at radius 1 is 0.878 bits per heavy atom. The van der Waals surface area contributed by atoms with Crippen LogP contribution in [0.25, 0.3) is 32.9 Å². The van der Waals surface area contributed by atoms with E-state index < -0.39 is 61.3 Å². The number of esters is 1. The number of nitro benzene ring substituents is 2. The lowest BCUT2D eigenvalue weighted by Crippen LogP contribution is -2.16. The van der Waals surface area contributed by atoms with Crippen LogP contribution in [0.15, 0.2) is 82.0 Å². The van der Waals surface area contributed by atoms with Gasteiger partial charge in [-0.2, -0.15) is 13.2 Å². The van der Waals surface area contributed by atoms with Gasteiger partial charge in [0.05, 0.1) is 26.4 Å². The molecule has 206 valence electrons. The number of fused-ring (bicyclic) bond motifs is 2. The number of benzene rings is 4. The number of carbonyl (C=O) groups excluding carboxylic acids is 1. The van der Waals surface area contributed by atoms with Crippen molar-refractivity contribution >= 4 is 39.1 Å². The standard InChI is InChI=1S/C28H15F3N2O8/c1-14-21(32(36)37)11-16(12-22(14)33(38)39)27(35)40-17-9-10-20-23(13-17)41-26(28(29,30)31)24(25(20)34)19-8-4-6-15-5-2-3-7-18(15)19/h2-13H,1H3. The minimum Gasteiger partial charge on any atom is -0.450 e. The summed E-state index contributed by atoms with van der Waals surface area (Å²) in [6, 6.07) is 15.9. The molecule has 0 unspecified atom stereocenters. The zero-order chi connectivity index (χ0) is 29.6. The molecule has 0 fully saturated rings. The van der Waals surface area contributed by atoms with Gasteiger partial charge in [-0.25, -0.2) is 4.79 Å². The summed E-state index contributed by atoms with van der Waals surface area (Å²) in [7, 11) is 0. The number of rotatable bonds is 5. The lowest BCUT2D eigenvalue weighted by molar-refractivity contribution is -0.395. The molecule has 10 nitrogen and oxygen atoms in total. The molecular formula is C28H15F3N2O8. The Hall–Kier alpha value is -5.59. The number of nitrogens with zero attached hydrogens (tertiary/aromatic N) is 2. The van der Waals surface area contributed by atoms with Crippen LogP contribution >= 0.6 is 0 Å². The molecule has 0 aliphatic rings. The van der Waals surface area contributed by atoms with Crippen LogP contribution in [0.2, 0.25) is 0 Å². The van der Waals surface area contributed by atoms with Gasteiger partial charge < -0.3 is 9.15 Å². The summed E-state index contributed by atoms with van der Waals surface area (Å²) in [5.74, 6) is -3.19. The highest BCUT2D eigenvalue weighted by Gasteiger charge is 2.40. The van der Waals surface area contributed by atoms with E-state index in [0.29, 0.717) is 10.8 Å². The average Bonchev–Trinajstić information content (AvgIpc) is 2.92. The van der Waals surface area contributed by atoms with Crippen molar-refractivity contribution in [1.29, 1.82) is 0 Å². The molecule has 0 bridgehead atoms. The molecule has 5 aromatic rings. The third-order valence-corrected chi connectivity index (χ3v) is 6.37. The monoisotopic (exact) mass is 564 g/mol. The Morgan fingerprint density at radius 3 is 2.15 bits per heavy atom. The number of ether oxygens (including phenoxy) is 1. The Balaban J connectivity index is 1.62. The predicted octanol–water partition coefficient (Wildman–Crippen LogP) is 6.98. The number of carbonyl (C=O) groups is 1. The highest BCUT2D eigenvalue weighted by atomic mass is 19.4. The Bertz CT molecular complexity index is 1940. The molecule has 0 atom stereocenters. The molecule has 0 spiro atoms. The normalized spacial score (nSPS) is 11.5. The van der Waals surface area contributed by atoms with Crippen molar-refractivity contribution in [3.63, 3.8) is 0 Å². The summed E-state index contributed by atoms with van der Waals surface area (Å²) in [5.41, 5.74) is -4.42. The van der Waals surface area contributed by atoms with E-state index in [4.69, 9.17) is 9.15 Å². The van der Waals surface area contributed by atoms with Gasteiger partial charge in [0, 0.05) is 18.2 Å². The van der Waals surface area contributed by atoms with Gasteiger partial charge in [0.25, 0.3) is 11.4 Å². The van der Waals surface area contributed by atoms with Crippen molar-refractivity contribution in [1.82, 2.24) is 0 Å². The number of hydrogen-bond donors (Lipinski definition) is 0. The van der Waals surface area contributed by atoms with Gasteiger partial charge >= 0.3 is 12.1 Å². The lowest BCUT2D eigenvalue weighted by atomic mass is 9.96. The molecular weight excluding hydrogens is 549 g/mol. The highest BCUT2D eigenvalue weighted by Crippen LogP contribution is 2.40. The Kier molecular flexibility index (Phi) is 6.49. The van der Waals surface area contributed by atoms with Gasteiger partial charge in [0.2, 0.25) is 11.2 Å². The number of hydrogen-bond acceptors (Lipinski definition) is 8. The molecule has 1 heterocycles. The molecule has 4 aromatic carbocycles. The third-order valence-electron chi connectivity index (χ3n) is 6.37. The minimum absolute atomic E-state index is 0.0177. The molecule has 0 radical (unpaired) electrons. The fourth-order valence-electron chi connectivity index (χ4n) is 4.47. The maximum absolute atomic E-state index is 14.2. The first kappa shape index (κ1) is 27.0. The number of halogens is 3. The quantitative estimate of drug-likeness (QED) is 0.0963. The fourth-order valence-corrected chi connectivity index (χ4v) is 4.47. The van der Waals surface area contributed by atoms with Crippen molar-refractivity contribution in [3.8, 4) is 16.9 Å². The lowest BCUT2D eigenvalue weighted by Gasteiger charge is -2.14. The second kappa shape index (κ2) is 9.86. The van der Waals surface area contributed by atoms with Gasteiger partial charge in [-0.3, -0.25) is 25.0 Å². The maximum atomic E-state index is 14.2.